The fourth-order valence-corrected chi connectivity index (χ4v) is 4.71. The van der Waals surface area contributed by atoms with Crippen LogP contribution in [0.3, 0.4) is 0 Å². The highest BCUT2D eigenvalue weighted by Gasteiger charge is 2.29. The summed E-state index contributed by atoms with van der Waals surface area (Å²) < 4.78 is 38.4. The Morgan fingerprint density at radius 2 is 1.62 bits per heavy atom. The average Bonchev–Trinajstić information content (AvgIpc) is 2.80. The Balaban J connectivity index is 2.00. The van der Waals surface area contributed by atoms with Gasteiger partial charge in [-0.2, -0.15) is 0 Å². The van der Waals surface area contributed by atoms with Crippen LogP contribution in [-0.2, 0) is 14.8 Å². The van der Waals surface area contributed by atoms with Crippen LogP contribution in [0.4, 0.5) is 11.4 Å². The van der Waals surface area contributed by atoms with Crippen molar-refractivity contribution in [1.82, 2.24) is 0 Å². The van der Waals surface area contributed by atoms with Crippen LogP contribution < -0.4 is 19.1 Å². The minimum Gasteiger partial charge on any atom is -0.497 e. The third-order valence-corrected chi connectivity index (χ3v) is 7.11. The lowest BCUT2D eigenvalue weighted by Crippen LogP contribution is -2.38. The molecule has 32 heavy (non-hydrogen) atoms. The fraction of sp³-hybridized carbons (Fsp3) is 0.136. The molecule has 1 N–H and O–H groups in total. The van der Waals surface area contributed by atoms with Gasteiger partial charge in [0.15, 0.2) is 0 Å². The quantitative estimate of drug-likeness (QED) is 0.483. The molecule has 7 nitrogen and oxygen atoms in total. The molecule has 0 saturated heterocycles. The third-order valence-electron chi connectivity index (χ3n) is 4.51. The number of halogens is 2. The van der Waals surface area contributed by atoms with Gasteiger partial charge >= 0.3 is 0 Å². The molecule has 168 valence electrons. The number of para-hydroxylation sites is 2. The molecule has 0 aliphatic heterocycles. The third kappa shape index (κ3) is 5.09. The second-order valence-corrected chi connectivity index (χ2v) is 9.16. The summed E-state index contributed by atoms with van der Waals surface area (Å²) in [6, 6.07) is 17.1. The van der Waals surface area contributed by atoms with Crippen molar-refractivity contribution in [3.8, 4) is 11.5 Å². The van der Waals surface area contributed by atoms with Crippen molar-refractivity contribution in [2.24, 2.45) is 0 Å². The van der Waals surface area contributed by atoms with E-state index in [1.54, 1.807) is 42.5 Å². The maximum absolute atomic E-state index is 13.5. The number of amides is 1. The number of carbonyl (C=O) groups excluding carboxylic acids is 1. The van der Waals surface area contributed by atoms with Crippen LogP contribution >= 0.6 is 23.2 Å². The summed E-state index contributed by atoms with van der Waals surface area (Å²) in [5.74, 6) is 0.177. The molecule has 0 spiro atoms. The van der Waals surface area contributed by atoms with E-state index in [4.69, 9.17) is 32.7 Å². The Morgan fingerprint density at radius 3 is 2.28 bits per heavy atom. The Kier molecular flexibility index (Phi) is 7.50. The van der Waals surface area contributed by atoms with Crippen molar-refractivity contribution < 1.29 is 22.7 Å². The molecule has 0 fully saturated rings. The summed E-state index contributed by atoms with van der Waals surface area (Å²) in [6.45, 7) is -0.530. The molecule has 0 aliphatic carbocycles. The zero-order valence-corrected chi connectivity index (χ0v) is 19.5. The predicted molar refractivity (Wildman–Crippen MR) is 126 cm³/mol. The molecule has 0 unspecified atom stereocenters. The van der Waals surface area contributed by atoms with Crippen LogP contribution in [-0.4, -0.2) is 35.1 Å². The number of hydrogen-bond donors (Lipinski definition) is 1. The molecule has 1 amide bonds. The van der Waals surface area contributed by atoms with Crippen molar-refractivity contribution >= 4 is 50.5 Å². The molecule has 10 heteroatoms. The summed E-state index contributed by atoms with van der Waals surface area (Å²) in [5.41, 5.74) is 0.476. The van der Waals surface area contributed by atoms with Crippen molar-refractivity contribution in [1.29, 1.82) is 0 Å². The molecule has 0 heterocycles. The fourth-order valence-electron chi connectivity index (χ4n) is 2.93. The summed E-state index contributed by atoms with van der Waals surface area (Å²) in [7, 11) is -1.24. The minimum atomic E-state index is -4.14. The lowest BCUT2D eigenvalue weighted by molar-refractivity contribution is -0.114. The van der Waals surface area contributed by atoms with Gasteiger partial charge < -0.3 is 14.8 Å². The second-order valence-electron chi connectivity index (χ2n) is 6.51. The number of nitrogens with zero attached hydrogens (tertiary/aromatic N) is 1. The van der Waals surface area contributed by atoms with Gasteiger partial charge in [-0.1, -0.05) is 41.4 Å². The Hall–Kier alpha value is -2.94. The molecule has 3 aromatic carbocycles. The van der Waals surface area contributed by atoms with Crippen LogP contribution in [0.2, 0.25) is 10.0 Å². The van der Waals surface area contributed by atoms with Crippen LogP contribution in [0.25, 0.3) is 0 Å². The number of methoxy groups -OCH3 is 2. The second kappa shape index (κ2) is 10.1. The van der Waals surface area contributed by atoms with Gasteiger partial charge in [0.05, 0.1) is 40.5 Å². The Labute approximate surface area is 196 Å². The first kappa shape index (κ1) is 23.7. The molecule has 0 aromatic heterocycles. The zero-order valence-electron chi connectivity index (χ0n) is 17.2. The van der Waals surface area contributed by atoms with Crippen LogP contribution in [0.1, 0.15) is 0 Å². The number of carbonyl (C=O) groups is 1. The van der Waals surface area contributed by atoms with Crippen molar-refractivity contribution in [2.75, 3.05) is 30.4 Å². The van der Waals surface area contributed by atoms with Crippen LogP contribution in [0.5, 0.6) is 11.5 Å². The van der Waals surface area contributed by atoms with E-state index >= 15 is 0 Å². The summed E-state index contributed by atoms with van der Waals surface area (Å²) in [6.07, 6.45) is 0. The van der Waals surface area contributed by atoms with Gasteiger partial charge in [0.1, 0.15) is 18.0 Å². The number of sulfonamides is 1. The molecule has 0 atom stereocenters. The smallest absolute Gasteiger partial charge is 0.264 e. The van der Waals surface area contributed by atoms with Gasteiger partial charge in [-0.3, -0.25) is 9.10 Å². The SMILES string of the molecule is COc1ccc(S(=O)(=O)N(CC(=O)Nc2cccc(Cl)c2Cl)c2ccccc2OC)cc1. The lowest BCUT2D eigenvalue weighted by atomic mass is 10.3. The number of anilines is 2. The largest absolute Gasteiger partial charge is 0.497 e. The van der Waals surface area contributed by atoms with Crippen molar-refractivity contribution in [3.05, 3.63) is 76.8 Å². The maximum Gasteiger partial charge on any atom is 0.264 e. The van der Waals surface area contributed by atoms with Crippen LogP contribution in [0.15, 0.2) is 71.6 Å². The number of rotatable bonds is 8. The average molecular weight is 495 g/mol. The predicted octanol–water partition coefficient (Wildman–Crippen LogP) is 4.84. The van der Waals surface area contributed by atoms with E-state index in [2.05, 4.69) is 5.32 Å². The van der Waals surface area contributed by atoms with Crippen molar-refractivity contribution in [3.63, 3.8) is 0 Å². The maximum atomic E-state index is 13.5. The molecule has 0 saturated carbocycles. The first-order valence-corrected chi connectivity index (χ1v) is 11.5. The van der Waals surface area contributed by atoms with Crippen LogP contribution in [0, 0.1) is 0 Å². The molecule has 0 bridgehead atoms. The number of hydrogen-bond acceptors (Lipinski definition) is 5. The molecular weight excluding hydrogens is 475 g/mol. The first-order chi connectivity index (χ1) is 15.3. The highest BCUT2D eigenvalue weighted by atomic mass is 35.5. The highest BCUT2D eigenvalue weighted by molar-refractivity contribution is 7.92. The van der Waals surface area contributed by atoms with Crippen molar-refractivity contribution in [2.45, 2.75) is 4.90 Å². The number of nitrogens with one attached hydrogen (secondary N) is 1. The van der Waals surface area contributed by atoms with Gasteiger partial charge in [-0.25, -0.2) is 8.42 Å². The highest BCUT2D eigenvalue weighted by Crippen LogP contribution is 2.33. The zero-order chi connectivity index (χ0) is 23.3. The van der Waals surface area contributed by atoms with Gasteiger partial charge in [-0.15, -0.1) is 0 Å². The van der Waals surface area contributed by atoms with E-state index in [1.165, 1.54) is 38.5 Å². The molecular formula is C22H20Cl2N2O5S. The summed E-state index contributed by atoms with van der Waals surface area (Å²) >= 11 is 12.1. The van der Waals surface area contributed by atoms with E-state index < -0.39 is 22.5 Å². The van der Waals surface area contributed by atoms with E-state index in [-0.39, 0.29) is 32.1 Å². The Bertz CT molecular complexity index is 1220. The Morgan fingerprint density at radius 1 is 0.938 bits per heavy atom. The van der Waals surface area contributed by atoms with E-state index in [9.17, 15) is 13.2 Å². The summed E-state index contributed by atoms with van der Waals surface area (Å²) in [5, 5.41) is 3.03. The molecule has 3 aromatic rings. The monoisotopic (exact) mass is 494 g/mol. The van der Waals surface area contributed by atoms with E-state index in [0.717, 1.165) is 4.31 Å². The molecule has 0 aliphatic rings. The standard InChI is InChI=1S/C22H20Cl2N2O5S/c1-30-15-10-12-16(13-11-15)32(28,29)26(19-8-3-4-9-20(19)31-2)14-21(27)25-18-7-5-6-17(23)22(18)24/h3-13H,14H2,1-2H3,(H,25,27). The minimum absolute atomic E-state index is 0.0159. The van der Waals surface area contributed by atoms with E-state index in [0.29, 0.717) is 5.75 Å². The molecule has 0 radical (unpaired) electrons. The van der Waals surface area contributed by atoms with Gasteiger partial charge in [-0.05, 0) is 48.5 Å². The summed E-state index contributed by atoms with van der Waals surface area (Å²) in [4.78, 5) is 12.8. The van der Waals surface area contributed by atoms with E-state index in [1.807, 2.05) is 0 Å². The van der Waals surface area contributed by atoms with Gasteiger partial charge in [0.2, 0.25) is 5.91 Å². The van der Waals surface area contributed by atoms with Gasteiger partial charge in [0.25, 0.3) is 10.0 Å². The molecule has 3 rings (SSSR count). The first-order valence-electron chi connectivity index (χ1n) is 9.31. The lowest BCUT2D eigenvalue weighted by Gasteiger charge is -2.25. The topological polar surface area (TPSA) is 84.9 Å². The normalized spacial score (nSPS) is 11.0. The van der Waals surface area contributed by atoms with Gasteiger partial charge in [0, 0.05) is 0 Å². The number of benzene rings is 3. The number of ether oxygens (including phenoxy) is 2.